The van der Waals surface area contributed by atoms with Crippen LogP contribution in [0.4, 0.5) is 42.2 Å². The van der Waals surface area contributed by atoms with Crippen LogP contribution in [0.1, 0.15) is 50.2 Å². The standard InChI is InChI=1S/C20H20F4N4O.C5H4F3N3O/c1-2-3-4-5-7-28-8-6-11-9-12(15(21)16(22)14(11)20(28)29)19-26-10-13(17(23)24)18(25)27-19;6-5(7,8)3-2(9)1-10-11-4(3)12/h6,8-10,17H,2-5,7H2,1H3,(H2,25,26,27);1H,(H3,9,11,12). The van der Waals surface area contributed by atoms with Crippen molar-refractivity contribution in [2.75, 3.05) is 11.5 Å². The largest absolute Gasteiger partial charge is 0.423 e. The van der Waals surface area contributed by atoms with E-state index < -0.39 is 58.0 Å². The lowest BCUT2D eigenvalue weighted by atomic mass is 10.1. The third kappa shape index (κ3) is 6.99. The van der Waals surface area contributed by atoms with Crippen LogP contribution in [-0.2, 0) is 12.7 Å². The summed E-state index contributed by atoms with van der Waals surface area (Å²) in [6.45, 7) is 2.47. The summed E-state index contributed by atoms with van der Waals surface area (Å²) in [4.78, 5) is 30.5. The molecule has 0 radical (unpaired) electrons. The van der Waals surface area contributed by atoms with Crippen LogP contribution in [0.5, 0.6) is 0 Å². The van der Waals surface area contributed by atoms with Gasteiger partial charge in [-0.25, -0.2) is 32.6 Å². The highest BCUT2D eigenvalue weighted by molar-refractivity contribution is 5.86. The first-order valence-corrected chi connectivity index (χ1v) is 12.1. The van der Waals surface area contributed by atoms with Crippen LogP contribution >= 0.6 is 0 Å². The molecule has 0 aliphatic heterocycles. The van der Waals surface area contributed by atoms with Gasteiger partial charge in [0.05, 0.1) is 28.4 Å². The van der Waals surface area contributed by atoms with Gasteiger partial charge in [-0.2, -0.15) is 18.3 Å². The lowest BCUT2D eigenvalue weighted by Crippen LogP contribution is -2.24. The second kappa shape index (κ2) is 12.8. The van der Waals surface area contributed by atoms with Crippen molar-refractivity contribution in [2.24, 2.45) is 0 Å². The SMILES string of the molecule is CCCCCCn1ccc2cc(-c3ncc(C(F)F)c(N)n3)c(F)c(F)c2c1=O.Nc1cn[nH]c(=O)c1C(F)(F)F. The van der Waals surface area contributed by atoms with Crippen LogP contribution < -0.4 is 22.6 Å². The molecule has 0 spiro atoms. The van der Waals surface area contributed by atoms with Crippen molar-refractivity contribution < 1.29 is 30.7 Å². The van der Waals surface area contributed by atoms with Gasteiger partial charge in [-0.1, -0.05) is 26.2 Å². The average molecular weight is 588 g/mol. The van der Waals surface area contributed by atoms with Crippen molar-refractivity contribution in [1.82, 2.24) is 24.7 Å². The van der Waals surface area contributed by atoms with E-state index in [0.717, 1.165) is 38.1 Å². The first-order chi connectivity index (χ1) is 19.3. The normalized spacial score (nSPS) is 11.5. The Balaban J connectivity index is 0.000000322. The molecule has 3 heterocycles. The van der Waals surface area contributed by atoms with Gasteiger partial charge in [-0.15, -0.1) is 0 Å². The summed E-state index contributed by atoms with van der Waals surface area (Å²) in [5.74, 6) is -3.52. The monoisotopic (exact) mass is 587 g/mol. The zero-order valence-electron chi connectivity index (χ0n) is 21.4. The number of aromatic amines is 1. The molecule has 5 N–H and O–H groups in total. The molecule has 0 fully saturated rings. The summed E-state index contributed by atoms with van der Waals surface area (Å²) in [6.07, 6.45) is -0.828. The highest BCUT2D eigenvalue weighted by Crippen LogP contribution is 2.31. The van der Waals surface area contributed by atoms with Crippen LogP contribution in [-0.4, -0.2) is 24.7 Å². The van der Waals surface area contributed by atoms with Crippen LogP contribution in [0.3, 0.4) is 0 Å². The van der Waals surface area contributed by atoms with E-state index in [4.69, 9.17) is 11.5 Å². The first kappa shape index (κ1) is 31.0. The Kier molecular flexibility index (Phi) is 9.67. The maximum atomic E-state index is 14.7. The Bertz CT molecular complexity index is 1650. The molecule has 0 atom stereocenters. The molecule has 0 bridgehead atoms. The topological polar surface area (TPSA) is 146 Å². The van der Waals surface area contributed by atoms with E-state index in [1.807, 2.05) is 0 Å². The predicted molar refractivity (Wildman–Crippen MR) is 137 cm³/mol. The van der Waals surface area contributed by atoms with Crippen molar-refractivity contribution in [3.63, 3.8) is 0 Å². The Morgan fingerprint density at radius 3 is 2.32 bits per heavy atom. The van der Waals surface area contributed by atoms with Crippen molar-refractivity contribution in [3.05, 3.63) is 74.2 Å². The smallest absolute Gasteiger partial charge is 0.397 e. The third-order valence-corrected chi connectivity index (χ3v) is 5.89. The molecule has 0 unspecified atom stereocenters. The number of H-pyrrole nitrogens is 1. The number of anilines is 2. The number of pyridine rings is 1. The molecule has 1 aromatic carbocycles. The molecule has 0 saturated heterocycles. The van der Waals surface area contributed by atoms with E-state index in [-0.39, 0.29) is 22.2 Å². The van der Waals surface area contributed by atoms with E-state index in [1.165, 1.54) is 22.9 Å². The fourth-order valence-electron chi connectivity index (χ4n) is 3.83. The molecule has 41 heavy (non-hydrogen) atoms. The lowest BCUT2D eigenvalue weighted by Gasteiger charge is -2.11. The number of nitrogens with one attached hydrogen (secondary N) is 1. The zero-order valence-corrected chi connectivity index (χ0v) is 21.4. The molecular formula is C25H24F7N7O2. The Hall–Kier alpha value is -4.50. The molecule has 4 aromatic rings. The molecule has 9 nitrogen and oxygen atoms in total. The molecule has 3 aromatic heterocycles. The predicted octanol–water partition coefficient (Wildman–Crippen LogP) is 5.21. The zero-order chi connectivity index (χ0) is 30.5. The second-order valence-electron chi connectivity index (χ2n) is 8.75. The number of halogens is 7. The van der Waals surface area contributed by atoms with Gasteiger partial charge in [0.2, 0.25) is 0 Å². The number of nitrogens with two attached hydrogens (primary N) is 2. The highest BCUT2D eigenvalue weighted by Gasteiger charge is 2.36. The first-order valence-electron chi connectivity index (χ1n) is 12.1. The van der Waals surface area contributed by atoms with Crippen LogP contribution in [0.2, 0.25) is 0 Å². The van der Waals surface area contributed by atoms with Crippen molar-refractivity contribution >= 4 is 22.3 Å². The summed E-state index contributed by atoms with van der Waals surface area (Å²) >= 11 is 0. The van der Waals surface area contributed by atoms with E-state index in [1.54, 1.807) is 5.10 Å². The molecule has 16 heteroatoms. The minimum absolute atomic E-state index is 0.161. The van der Waals surface area contributed by atoms with Crippen molar-refractivity contribution in [3.8, 4) is 11.4 Å². The molecule has 220 valence electrons. The Morgan fingerprint density at radius 2 is 1.76 bits per heavy atom. The summed E-state index contributed by atoms with van der Waals surface area (Å²) < 4.78 is 92.3. The number of aromatic nitrogens is 5. The number of fused-ring (bicyclic) bond motifs is 1. The van der Waals surface area contributed by atoms with Crippen LogP contribution in [0, 0.1) is 11.6 Å². The van der Waals surface area contributed by atoms with Gasteiger partial charge in [0.25, 0.3) is 17.5 Å². The van der Waals surface area contributed by atoms with Crippen LogP contribution in [0.25, 0.3) is 22.2 Å². The highest BCUT2D eigenvalue weighted by atomic mass is 19.4. The minimum Gasteiger partial charge on any atom is -0.397 e. The quantitative estimate of drug-likeness (QED) is 0.199. The number of nitrogen functional groups attached to an aromatic ring is 2. The lowest BCUT2D eigenvalue weighted by molar-refractivity contribution is -0.138. The van der Waals surface area contributed by atoms with Gasteiger partial charge in [-0.05, 0) is 23.9 Å². The Morgan fingerprint density at radius 1 is 1.05 bits per heavy atom. The Labute approximate surface area is 227 Å². The molecular weight excluding hydrogens is 563 g/mol. The molecule has 4 rings (SSSR count). The maximum Gasteiger partial charge on any atom is 0.423 e. The van der Waals surface area contributed by atoms with Gasteiger partial charge in [-0.3, -0.25) is 9.59 Å². The van der Waals surface area contributed by atoms with Gasteiger partial charge in [0.15, 0.2) is 17.5 Å². The molecule has 0 aliphatic rings. The van der Waals surface area contributed by atoms with Crippen molar-refractivity contribution in [1.29, 1.82) is 0 Å². The number of unbranched alkanes of at least 4 members (excludes halogenated alkanes) is 3. The summed E-state index contributed by atoms with van der Waals surface area (Å²) in [5, 5.41) is 4.52. The van der Waals surface area contributed by atoms with Crippen molar-refractivity contribution in [2.45, 2.75) is 51.8 Å². The number of alkyl halides is 5. The van der Waals surface area contributed by atoms with E-state index in [2.05, 4.69) is 22.0 Å². The van der Waals surface area contributed by atoms with Gasteiger partial charge in [0.1, 0.15) is 11.4 Å². The number of hydrogen-bond acceptors (Lipinski definition) is 7. The summed E-state index contributed by atoms with van der Waals surface area (Å²) in [7, 11) is 0. The number of hydrogen-bond donors (Lipinski definition) is 3. The minimum atomic E-state index is -4.74. The number of aryl methyl sites for hydroxylation is 1. The molecule has 0 aliphatic carbocycles. The summed E-state index contributed by atoms with van der Waals surface area (Å²) in [5.41, 5.74) is 5.38. The van der Waals surface area contributed by atoms with Gasteiger partial charge < -0.3 is 16.0 Å². The molecule has 0 saturated carbocycles. The van der Waals surface area contributed by atoms with E-state index >= 15 is 0 Å². The number of rotatable bonds is 7. The van der Waals surface area contributed by atoms with Crippen LogP contribution in [0.15, 0.2) is 40.3 Å². The fourth-order valence-corrected chi connectivity index (χ4v) is 3.83. The third-order valence-electron chi connectivity index (χ3n) is 5.89. The maximum absolute atomic E-state index is 14.7. The number of nitrogens with zero attached hydrogens (tertiary/aromatic N) is 4. The van der Waals surface area contributed by atoms with Gasteiger partial charge in [0, 0.05) is 18.9 Å². The van der Waals surface area contributed by atoms with Gasteiger partial charge >= 0.3 is 6.18 Å². The fraction of sp³-hybridized carbons (Fsp3) is 0.320. The van der Waals surface area contributed by atoms with E-state index in [9.17, 15) is 40.3 Å². The number of benzene rings is 1. The average Bonchev–Trinajstić information content (AvgIpc) is 2.89. The van der Waals surface area contributed by atoms with E-state index in [0.29, 0.717) is 6.54 Å². The molecule has 0 amide bonds. The summed E-state index contributed by atoms with van der Waals surface area (Å²) in [6, 6.07) is 2.72. The second-order valence-corrected chi connectivity index (χ2v) is 8.75.